The molecule has 9 nitrogen and oxygen atoms in total. The largest absolute Gasteiger partial charge is 0.373 e. The van der Waals surface area contributed by atoms with Crippen molar-refractivity contribution in [2.75, 3.05) is 43.4 Å². The number of para-hydroxylation sites is 1. The molecule has 1 aliphatic heterocycles. The molecule has 0 radical (unpaired) electrons. The van der Waals surface area contributed by atoms with E-state index in [2.05, 4.69) is 22.9 Å². The van der Waals surface area contributed by atoms with Crippen molar-refractivity contribution in [3.05, 3.63) is 120 Å². The number of urea groups is 1. The number of benzene rings is 4. The minimum absolute atomic E-state index is 0.124. The van der Waals surface area contributed by atoms with Gasteiger partial charge >= 0.3 is 6.03 Å². The van der Waals surface area contributed by atoms with E-state index in [0.717, 1.165) is 48.2 Å². The molecule has 1 atom stereocenters. The smallest absolute Gasteiger partial charge is 0.321 e. The van der Waals surface area contributed by atoms with E-state index in [9.17, 15) is 19.2 Å². The van der Waals surface area contributed by atoms with Gasteiger partial charge < -0.3 is 20.9 Å². The van der Waals surface area contributed by atoms with Crippen molar-refractivity contribution >= 4 is 35.0 Å². The minimum atomic E-state index is -0.666. The van der Waals surface area contributed by atoms with Gasteiger partial charge in [0.2, 0.25) is 11.8 Å². The molecule has 1 aliphatic rings. The van der Waals surface area contributed by atoms with Crippen LogP contribution in [0.15, 0.2) is 103 Å². The van der Waals surface area contributed by atoms with Gasteiger partial charge in [-0.2, -0.15) is 0 Å². The predicted octanol–water partition coefficient (Wildman–Crippen LogP) is 7.85. The summed E-state index contributed by atoms with van der Waals surface area (Å²) in [5.41, 5.74) is 5.36. The number of nitrogens with one attached hydrogen (secondary N) is 3. The van der Waals surface area contributed by atoms with E-state index in [1.807, 2.05) is 89.8 Å². The van der Waals surface area contributed by atoms with Crippen molar-refractivity contribution in [3.63, 3.8) is 0 Å². The first-order valence-corrected chi connectivity index (χ1v) is 19.1. The molecule has 4 aromatic carbocycles. The quantitative estimate of drug-likeness (QED) is 0.0677. The summed E-state index contributed by atoms with van der Waals surface area (Å²) in [6.07, 6.45) is 8.24. The number of rotatable bonds is 19. The summed E-state index contributed by atoms with van der Waals surface area (Å²) < 4.78 is 0. The molecule has 53 heavy (non-hydrogen) atoms. The number of carbonyl (C=O) groups is 4. The molecule has 3 N–H and O–H groups in total. The monoisotopic (exact) mass is 715 g/mol. The molecule has 1 heterocycles. The van der Waals surface area contributed by atoms with Gasteiger partial charge in [-0.15, -0.1) is 0 Å². The van der Waals surface area contributed by atoms with Crippen molar-refractivity contribution in [3.8, 4) is 11.1 Å². The SMILES string of the molecule is CCCCCCCNC(=O)N(C)c1cccc(-c2ccc(C[C@H](Nc3ccccc3C(=O)c3ccccc3)C(=O)NCCCN3CCCC3=O)cc2)c1. The standard InChI is InChI=1S/C44H53N5O4/c1-3-4-5-6-12-27-46-44(53)48(2)37-19-13-18-36(32-37)34-25-23-33(24-26-34)31-40(43(52)45-28-15-30-49-29-14-22-41(49)50)47-39-21-11-10-20-38(39)42(51)35-16-8-7-9-17-35/h7-11,13,16-21,23-26,32,40,47H,3-6,12,14-15,22,27-31H2,1-2H3,(H,45,52)(H,46,53)/t40-/m0/s1. The van der Waals surface area contributed by atoms with E-state index in [1.54, 1.807) is 30.1 Å². The Morgan fingerprint density at radius 3 is 2.26 bits per heavy atom. The van der Waals surface area contributed by atoms with Gasteiger partial charge in [-0.05, 0) is 60.2 Å². The molecular weight excluding hydrogens is 663 g/mol. The Morgan fingerprint density at radius 1 is 0.774 bits per heavy atom. The third-order valence-corrected chi connectivity index (χ3v) is 9.75. The number of unbranched alkanes of at least 4 members (excludes halogenated alkanes) is 4. The van der Waals surface area contributed by atoms with Gasteiger partial charge in [0, 0.05) is 68.6 Å². The maximum absolute atomic E-state index is 13.8. The van der Waals surface area contributed by atoms with Crippen LogP contribution in [0.4, 0.5) is 16.2 Å². The van der Waals surface area contributed by atoms with Crippen LogP contribution in [0.25, 0.3) is 11.1 Å². The van der Waals surface area contributed by atoms with Crippen molar-refractivity contribution in [1.29, 1.82) is 0 Å². The molecule has 4 amide bonds. The minimum Gasteiger partial charge on any atom is -0.373 e. The van der Waals surface area contributed by atoms with E-state index in [1.165, 1.54) is 19.3 Å². The highest BCUT2D eigenvalue weighted by molar-refractivity contribution is 6.12. The molecule has 0 aromatic heterocycles. The molecule has 0 unspecified atom stereocenters. The van der Waals surface area contributed by atoms with Crippen LogP contribution >= 0.6 is 0 Å². The summed E-state index contributed by atoms with van der Waals surface area (Å²) in [6.45, 7) is 4.68. The first-order valence-electron chi connectivity index (χ1n) is 19.1. The molecule has 1 fully saturated rings. The Bertz CT molecular complexity index is 1810. The summed E-state index contributed by atoms with van der Waals surface area (Å²) >= 11 is 0. The lowest BCUT2D eigenvalue weighted by atomic mass is 9.98. The first kappa shape index (κ1) is 38.8. The van der Waals surface area contributed by atoms with Gasteiger partial charge in [-0.25, -0.2) is 4.79 Å². The van der Waals surface area contributed by atoms with Crippen molar-refractivity contribution in [1.82, 2.24) is 15.5 Å². The third kappa shape index (κ3) is 11.3. The zero-order valence-electron chi connectivity index (χ0n) is 31.1. The Hall–Kier alpha value is -5.44. The molecule has 9 heteroatoms. The summed E-state index contributed by atoms with van der Waals surface area (Å²) in [6, 6.07) is 31.6. The molecular formula is C44H53N5O4. The number of likely N-dealkylation sites (tertiary alicyclic amines) is 1. The molecule has 0 aliphatic carbocycles. The fraction of sp³-hybridized carbons (Fsp3) is 0.364. The van der Waals surface area contributed by atoms with Crippen LogP contribution in [0, 0.1) is 0 Å². The van der Waals surface area contributed by atoms with Crippen molar-refractivity contribution < 1.29 is 19.2 Å². The van der Waals surface area contributed by atoms with E-state index in [0.29, 0.717) is 55.7 Å². The fourth-order valence-electron chi connectivity index (χ4n) is 6.62. The molecule has 0 spiro atoms. The second-order valence-corrected chi connectivity index (χ2v) is 13.7. The summed E-state index contributed by atoms with van der Waals surface area (Å²) in [7, 11) is 1.78. The molecule has 0 saturated carbocycles. The molecule has 4 aromatic rings. The lowest BCUT2D eigenvalue weighted by Gasteiger charge is -2.22. The first-order chi connectivity index (χ1) is 25.8. The van der Waals surface area contributed by atoms with Gasteiger partial charge in [0.25, 0.3) is 0 Å². The Labute approximate surface area is 314 Å². The van der Waals surface area contributed by atoms with Gasteiger partial charge in [0.05, 0.1) is 0 Å². The normalized spacial score (nSPS) is 13.0. The number of nitrogens with zero attached hydrogens (tertiary/aromatic N) is 2. The number of hydrogen-bond donors (Lipinski definition) is 3. The second kappa shape index (κ2) is 20.0. The van der Waals surface area contributed by atoms with Gasteiger partial charge in [-0.3, -0.25) is 19.3 Å². The summed E-state index contributed by atoms with van der Waals surface area (Å²) in [5.74, 6) is -0.134. The number of amides is 4. The zero-order valence-corrected chi connectivity index (χ0v) is 31.1. The highest BCUT2D eigenvalue weighted by Gasteiger charge is 2.23. The molecule has 278 valence electrons. The molecule has 0 bridgehead atoms. The van der Waals surface area contributed by atoms with Crippen LogP contribution in [0.5, 0.6) is 0 Å². The Morgan fingerprint density at radius 2 is 1.51 bits per heavy atom. The highest BCUT2D eigenvalue weighted by atomic mass is 16.2. The fourth-order valence-corrected chi connectivity index (χ4v) is 6.62. The zero-order chi connectivity index (χ0) is 37.4. The Balaban J connectivity index is 1.27. The highest BCUT2D eigenvalue weighted by Crippen LogP contribution is 2.26. The summed E-state index contributed by atoms with van der Waals surface area (Å²) in [5, 5.41) is 9.50. The lowest BCUT2D eigenvalue weighted by molar-refractivity contribution is -0.127. The van der Waals surface area contributed by atoms with E-state index < -0.39 is 6.04 Å². The summed E-state index contributed by atoms with van der Waals surface area (Å²) in [4.78, 5) is 55.6. The van der Waals surface area contributed by atoms with Gasteiger partial charge in [0.15, 0.2) is 5.78 Å². The number of carbonyl (C=O) groups excluding carboxylic acids is 4. The number of anilines is 2. The van der Waals surface area contributed by atoms with Gasteiger partial charge in [0.1, 0.15) is 6.04 Å². The predicted molar refractivity (Wildman–Crippen MR) is 213 cm³/mol. The maximum Gasteiger partial charge on any atom is 0.321 e. The van der Waals surface area contributed by atoms with E-state index in [-0.39, 0.29) is 23.6 Å². The Kier molecular flexibility index (Phi) is 14.6. The third-order valence-electron chi connectivity index (χ3n) is 9.75. The van der Waals surface area contributed by atoms with Crippen molar-refractivity contribution in [2.24, 2.45) is 0 Å². The van der Waals surface area contributed by atoms with Crippen LogP contribution in [0.2, 0.25) is 0 Å². The van der Waals surface area contributed by atoms with Crippen LogP contribution in [0.3, 0.4) is 0 Å². The van der Waals surface area contributed by atoms with Crippen LogP contribution in [-0.2, 0) is 16.0 Å². The lowest BCUT2D eigenvalue weighted by Crippen LogP contribution is -2.42. The van der Waals surface area contributed by atoms with Crippen molar-refractivity contribution in [2.45, 2.75) is 70.8 Å². The average Bonchev–Trinajstić information content (AvgIpc) is 3.61. The molecule has 1 saturated heterocycles. The van der Waals surface area contributed by atoms with E-state index >= 15 is 0 Å². The number of ketones is 1. The number of hydrogen-bond acceptors (Lipinski definition) is 5. The molecule has 5 rings (SSSR count). The maximum atomic E-state index is 13.8. The topological polar surface area (TPSA) is 111 Å². The van der Waals surface area contributed by atoms with Gasteiger partial charge in [-0.1, -0.05) is 111 Å². The van der Waals surface area contributed by atoms with Crippen LogP contribution in [0.1, 0.15) is 79.8 Å². The average molecular weight is 716 g/mol. The second-order valence-electron chi connectivity index (χ2n) is 13.7. The van der Waals surface area contributed by atoms with Crippen LogP contribution < -0.4 is 20.9 Å². The van der Waals surface area contributed by atoms with Crippen LogP contribution in [-0.4, -0.2) is 67.8 Å². The van der Waals surface area contributed by atoms with E-state index in [4.69, 9.17) is 0 Å².